The molecule has 27 heavy (non-hydrogen) atoms. The summed E-state index contributed by atoms with van der Waals surface area (Å²) in [5.74, 6) is 1.84. The number of nitrogens with zero attached hydrogens (tertiary/aromatic N) is 5. The van der Waals surface area contributed by atoms with E-state index in [0.717, 1.165) is 11.3 Å². The summed E-state index contributed by atoms with van der Waals surface area (Å²) in [5.41, 5.74) is 4.29. The van der Waals surface area contributed by atoms with E-state index in [2.05, 4.69) is 46.5 Å². The maximum atomic E-state index is 5.92. The molecule has 0 radical (unpaired) electrons. The second-order valence-electron chi connectivity index (χ2n) is 6.06. The van der Waals surface area contributed by atoms with E-state index in [1.165, 1.54) is 22.9 Å². The molecule has 0 aliphatic heterocycles. The molecule has 0 aliphatic carbocycles. The molecule has 2 heterocycles. The van der Waals surface area contributed by atoms with Crippen molar-refractivity contribution in [2.24, 2.45) is 0 Å². The Balaban J connectivity index is 1.49. The Hall–Kier alpha value is -2.64. The minimum Gasteiger partial charge on any atom is -0.440 e. The van der Waals surface area contributed by atoms with E-state index in [4.69, 9.17) is 16.0 Å². The summed E-state index contributed by atoms with van der Waals surface area (Å²) in [5, 5.41) is 13.4. The quantitative estimate of drug-likeness (QED) is 0.447. The second-order valence-corrected chi connectivity index (χ2v) is 7.43. The van der Waals surface area contributed by atoms with Crippen LogP contribution in [0.25, 0.3) is 17.0 Å². The number of oxazole rings is 1. The van der Waals surface area contributed by atoms with Crippen LogP contribution in [0.15, 0.2) is 58.2 Å². The first-order chi connectivity index (χ1) is 13.1. The van der Waals surface area contributed by atoms with Gasteiger partial charge in [-0.25, -0.2) is 4.98 Å². The third kappa shape index (κ3) is 3.89. The number of benzene rings is 2. The molecule has 0 fully saturated rings. The van der Waals surface area contributed by atoms with Crippen molar-refractivity contribution in [3.8, 4) is 17.0 Å². The molecule has 136 valence electrons. The zero-order valence-corrected chi connectivity index (χ0v) is 16.3. The van der Waals surface area contributed by atoms with Crippen molar-refractivity contribution in [3.05, 3.63) is 70.7 Å². The molecule has 4 rings (SSSR count). The Morgan fingerprint density at radius 1 is 1.07 bits per heavy atom. The molecule has 4 aromatic rings. The lowest BCUT2D eigenvalue weighted by Crippen LogP contribution is -2.00. The standard InChI is InChI=1S/C19H16ClN5OS/c1-12-3-8-16(9-13(12)2)25-19(22-23-24-25)27-11-18-21-10-17(26-18)14-4-6-15(20)7-5-14/h3-10H,11H2,1-2H3. The fourth-order valence-corrected chi connectivity index (χ4v) is 3.41. The summed E-state index contributed by atoms with van der Waals surface area (Å²) < 4.78 is 7.56. The first-order valence-corrected chi connectivity index (χ1v) is 9.66. The lowest BCUT2D eigenvalue weighted by Gasteiger charge is -2.06. The Morgan fingerprint density at radius 2 is 1.89 bits per heavy atom. The van der Waals surface area contributed by atoms with Crippen LogP contribution in [0.2, 0.25) is 5.02 Å². The molecule has 0 unspecified atom stereocenters. The molecule has 2 aromatic heterocycles. The summed E-state index contributed by atoms with van der Waals surface area (Å²) >= 11 is 7.40. The molecule has 0 spiro atoms. The molecule has 0 aliphatic rings. The largest absolute Gasteiger partial charge is 0.440 e. The monoisotopic (exact) mass is 397 g/mol. The Kier molecular flexibility index (Phi) is 4.96. The van der Waals surface area contributed by atoms with Crippen molar-refractivity contribution in [3.63, 3.8) is 0 Å². The van der Waals surface area contributed by atoms with E-state index in [1.54, 1.807) is 10.9 Å². The van der Waals surface area contributed by atoms with E-state index in [-0.39, 0.29) is 0 Å². The third-order valence-corrected chi connectivity index (χ3v) is 5.34. The molecular weight excluding hydrogens is 382 g/mol. The smallest absolute Gasteiger partial charge is 0.214 e. The van der Waals surface area contributed by atoms with Crippen molar-refractivity contribution >= 4 is 23.4 Å². The fraction of sp³-hybridized carbons (Fsp3) is 0.158. The van der Waals surface area contributed by atoms with Crippen molar-refractivity contribution < 1.29 is 4.42 Å². The normalized spacial score (nSPS) is 11.1. The van der Waals surface area contributed by atoms with Crippen LogP contribution < -0.4 is 0 Å². The highest BCUT2D eigenvalue weighted by Crippen LogP contribution is 2.26. The van der Waals surface area contributed by atoms with E-state index in [0.29, 0.717) is 27.6 Å². The van der Waals surface area contributed by atoms with Gasteiger partial charge in [0, 0.05) is 10.6 Å². The average molecular weight is 398 g/mol. The van der Waals surface area contributed by atoms with Crippen LogP contribution in [0.3, 0.4) is 0 Å². The van der Waals surface area contributed by atoms with Crippen molar-refractivity contribution in [1.29, 1.82) is 0 Å². The van der Waals surface area contributed by atoms with Gasteiger partial charge in [-0.05, 0) is 71.8 Å². The molecule has 2 aromatic carbocycles. The van der Waals surface area contributed by atoms with E-state index in [1.807, 2.05) is 30.3 Å². The van der Waals surface area contributed by atoms with Gasteiger partial charge >= 0.3 is 0 Å². The summed E-state index contributed by atoms with van der Waals surface area (Å²) in [7, 11) is 0. The summed E-state index contributed by atoms with van der Waals surface area (Å²) in [6.45, 7) is 4.15. The Morgan fingerprint density at radius 3 is 2.67 bits per heavy atom. The van der Waals surface area contributed by atoms with Gasteiger partial charge in [0.15, 0.2) is 5.76 Å². The Labute approximate surface area is 165 Å². The zero-order valence-electron chi connectivity index (χ0n) is 14.8. The van der Waals surface area contributed by atoms with Crippen LogP contribution in [-0.2, 0) is 5.75 Å². The van der Waals surface area contributed by atoms with Crippen LogP contribution in [-0.4, -0.2) is 25.2 Å². The number of rotatable bonds is 5. The number of hydrogen-bond acceptors (Lipinski definition) is 6. The number of hydrogen-bond donors (Lipinski definition) is 0. The SMILES string of the molecule is Cc1ccc(-n2nnnc2SCc2ncc(-c3ccc(Cl)cc3)o2)cc1C. The van der Waals surface area contributed by atoms with Gasteiger partial charge in [0.1, 0.15) is 0 Å². The molecule has 0 N–H and O–H groups in total. The van der Waals surface area contributed by atoms with Gasteiger partial charge in [0.25, 0.3) is 0 Å². The van der Waals surface area contributed by atoms with Crippen LogP contribution in [0, 0.1) is 13.8 Å². The predicted molar refractivity (Wildman–Crippen MR) is 105 cm³/mol. The summed E-state index contributed by atoms with van der Waals surface area (Å²) in [6.07, 6.45) is 1.71. The van der Waals surface area contributed by atoms with Gasteiger partial charge in [-0.2, -0.15) is 4.68 Å². The molecule has 0 atom stereocenters. The highest BCUT2D eigenvalue weighted by atomic mass is 35.5. The zero-order chi connectivity index (χ0) is 18.8. The molecular formula is C19H16ClN5OS. The molecule has 8 heteroatoms. The fourth-order valence-electron chi connectivity index (χ4n) is 2.54. The van der Waals surface area contributed by atoms with Gasteiger partial charge in [-0.1, -0.05) is 29.4 Å². The molecule has 0 bridgehead atoms. The van der Waals surface area contributed by atoms with Gasteiger partial charge in [-0.3, -0.25) is 0 Å². The topological polar surface area (TPSA) is 69.6 Å². The molecule has 0 saturated heterocycles. The maximum Gasteiger partial charge on any atom is 0.214 e. The van der Waals surface area contributed by atoms with Crippen molar-refractivity contribution in [2.45, 2.75) is 24.8 Å². The highest BCUT2D eigenvalue weighted by Gasteiger charge is 2.13. The number of thioether (sulfide) groups is 1. The minimum atomic E-state index is 0.527. The maximum absolute atomic E-state index is 5.92. The third-order valence-electron chi connectivity index (χ3n) is 4.18. The van der Waals surface area contributed by atoms with Crippen LogP contribution >= 0.6 is 23.4 Å². The minimum absolute atomic E-state index is 0.527. The first kappa shape index (κ1) is 17.8. The van der Waals surface area contributed by atoms with Gasteiger partial charge in [0.2, 0.25) is 11.0 Å². The lowest BCUT2D eigenvalue weighted by atomic mass is 10.1. The number of aryl methyl sites for hydroxylation is 2. The van der Waals surface area contributed by atoms with Gasteiger partial charge in [0.05, 0.1) is 17.6 Å². The van der Waals surface area contributed by atoms with E-state index in [9.17, 15) is 0 Å². The average Bonchev–Trinajstić information content (AvgIpc) is 3.32. The lowest BCUT2D eigenvalue weighted by molar-refractivity contribution is 0.529. The molecule has 6 nitrogen and oxygen atoms in total. The first-order valence-electron chi connectivity index (χ1n) is 8.29. The van der Waals surface area contributed by atoms with Crippen LogP contribution in [0.1, 0.15) is 17.0 Å². The van der Waals surface area contributed by atoms with E-state index >= 15 is 0 Å². The number of aromatic nitrogens is 5. The second kappa shape index (κ2) is 7.54. The van der Waals surface area contributed by atoms with Gasteiger partial charge < -0.3 is 4.42 Å². The van der Waals surface area contributed by atoms with Crippen LogP contribution in [0.4, 0.5) is 0 Å². The van der Waals surface area contributed by atoms with Crippen molar-refractivity contribution in [1.82, 2.24) is 25.2 Å². The number of halogens is 1. The van der Waals surface area contributed by atoms with Gasteiger partial charge in [-0.15, -0.1) is 5.10 Å². The summed E-state index contributed by atoms with van der Waals surface area (Å²) in [6, 6.07) is 13.6. The number of tetrazole rings is 1. The molecule has 0 amide bonds. The highest BCUT2D eigenvalue weighted by molar-refractivity contribution is 7.98. The molecule has 0 saturated carbocycles. The Bertz CT molecular complexity index is 1070. The predicted octanol–water partition coefficient (Wildman–Crippen LogP) is 4.88. The van der Waals surface area contributed by atoms with E-state index < -0.39 is 0 Å². The van der Waals surface area contributed by atoms with Crippen LogP contribution in [0.5, 0.6) is 0 Å². The summed E-state index contributed by atoms with van der Waals surface area (Å²) in [4.78, 5) is 4.34. The van der Waals surface area contributed by atoms with Crippen molar-refractivity contribution in [2.75, 3.05) is 0 Å².